The Labute approximate surface area is 88.2 Å². The fourth-order valence-corrected chi connectivity index (χ4v) is 1.42. The minimum atomic E-state index is 0.177. The number of hydrogen-bond donors (Lipinski definition) is 1. The third-order valence-corrected chi connectivity index (χ3v) is 2.14. The molecule has 3 heteroatoms. The molecule has 2 aromatic rings. The zero-order valence-electron chi connectivity index (χ0n) is 8.53. The monoisotopic (exact) mass is 200 g/mol. The minimum Gasteiger partial charge on any atom is -0.478 e. The van der Waals surface area contributed by atoms with Crippen LogP contribution in [-0.4, -0.2) is 17.5 Å². The first-order valence-electron chi connectivity index (χ1n) is 4.88. The average molecular weight is 200 g/mol. The molecule has 0 fully saturated rings. The van der Waals surface area contributed by atoms with Gasteiger partial charge in [0.05, 0.1) is 17.7 Å². The number of ether oxygens (including phenoxy) is 1. The first kappa shape index (κ1) is 9.65. The summed E-state index contributed by atoms with van der Waals surface area (Å²) in [6.07, 6.45) is 1.67. The van der Waals surface area contributed by atoms with Crippen molar-refractivity contribution in [2.24, 2.45) is 0 Å². The van der Waals surface area contributed by atoms with Crippen molar-refractivity contribution in [3.05, 3.63) is 42.1 Å². The zero-order valence-corrected chi connectivity index (χ0v) is 8.53. The molecule has 2 rings (SSSR count). The van der Waals surface area contributed by atoms with E-state index in [2.05, 4.69) is 4.98 Å². The quantitative estimate of drug-likeness (QED) is 0.598. The summed E-state index contributed by atoms with van der Waals surface area (Å²) >= 11 is 0. The van der Waals surface area contributed by atoms with Crippen LogP contribution in [0.1, 0.15) is 12.5 Å². The number of aromatic nitrogens is 1. The number of benzene rings is 1. The maximum absolute atomic E-state index is 7.64. The van der Waals surface area contributed by atoms with Crippen LogP contribution in [0.15, 0.2) is 36.5 Å². The smallest absolute Gasteiger partial charge is 0.214 e. The molecular formula is C12H12N2O. The Hall–Kier alpha value is -1.90. The van der Waals surface area contributed by atoms with Crippen LogP contribution in [0, 0.1) is 5.41 Å². The summed E-state index contributed by atoms with van der Waals surface area (Å²) in [5.41, 5.74) is 1.65. The van der Waals surface area contributed by atoms with E-state index < -0.39 is 0 Å². The molecule has 1 aromatic carbocycles. The van der Waals surface area contributed by atoms with E-state index in [0.717, 1.165) is 16.5 Å². The second-order valence-electron chi connectivity index (χ2n) is 3.18. The van der Waals surface area contributed by atoms with Gasteiger partial charge < -0.3 is 4.74 Å². The van der Waals surface area contributed by atoms with Crippen molar-refractivity contribution < 1.29 is 4.74 Å². The Morgan fingerprint density at radius 3 is 3.00 bits per heavy atom. The van der Waals surface area contributed by atoms with Crippen LogP contribution >= 0.6 is 0 Å². The maximum atomic E-state index is 7.64. The molecule has 0 spiro atoms. The largest absolute Gasteiger partial charge is 0.478 e. The maximum Gasteiger partial charge on any atom is 0.214 e. The summed E-state index contributed by atoms with van der Waals surface area (Å²) < 4.78 is 5.12. The molecule has 0 aliphatic heterocycles. The summed E-state index contributed by atoms with van der Waals surface area (Å²) in [5, 5.41) is 8.67. The summed E-state index contributed by atoms with van der Waals surface area (Å²) in [7, 11) is 0. The number of nitrogens with zero attached hydrogens (tertiary/aromatic N) is 1. The Balaban J connectivity index is 2.42. The van der Waals surface area contributed by atoms with E-state index >= 15 is 0 Å². The minimum absolute atomic E-state index is 0.177. The standard InChI is InChI=1S/C12H12N2O/c1-2-15-12(13)10-7-9-5-3-4-6-11(9)14-8-10/h3-8,13H,2H2,1H3. The van der Waals surface area contributed by atoms with Gasteiger partial charge in [-0.1, -0.05) is 18.2 Å². The summed E-state index contributed by atoms with van der Waals surface area (Å²) in [4.78, 5) is 4.26. The van der Waals surface area contributed by atoms with Crippen molar-refractivity contribution in [1.82, 2.24) is 4.98 Å². The Morgan fingerprint density at radius 1 is 1.40 bits per heavy atom. The van der Waals surface area contributed by atoms with Crippen LogP contribution in [-0.2, 0) is 4.74 Å². The average Bonchev–Trinajstić information content (AvgIpc) is 2.29. The number of nitrogens with one attached hydrogen (secondary N) is 1. The van der Waals surface area contributed by atoms with E-state index in [0.29, 0.717) is 6.61 Å². The van der Waals surface area contributed by atoms with E-state index in [1.165, 1.54) is 0 Å². The van der Waals surface area contributed by atoms with Gasteiger partial charge >= 0.3 is 0 Å². The molecule has 0 atom stereocenters. The molecule has 0 bridgehead atoms. The highest BCUT2D eigenvalue weighted by molar-refractivity contribution is 5.95. The molecule has 1 aromatic heterocycles. The summed E-state index contributed by atoms with van der Waals surface area (Å²) in [5.74, 6) is 0.177. The van der Waals surface area contributed by atoms with Crippen LogP contribution in [0.5, 0.6) is 0 Å². The molecule has 0 aliphatic carbocycles. The number of pyridine rings is 1. The predicted octanol–water partition coefficient (Wildman–Crippen LogP) is 2.60. The number of para-hydroxylation sites is 1. The van der Waals surface area contributed by atoms with Gasteiger partial charge in [0.1, 0.15) is 0 Å². The first-order valence-corrected chi connectivity index (χ1v) is 4.88. The lowest BCUT2D eigenvalue weighted by molar-refractivity contribution is 0.325. The lowest BCUT2D eigenvalue weighted by atomic mass is 10.1. The van der Waals surface area contributed by atoms with Gasteiger partial charge in [0.15, 0.2) is 0 Å². The molecule has 3 nitrogen and oxygen atoms in total. The fraction of sp³-hybridized carbons (Fsp3) is 0.167. The highest BCUT2D eigenvalue weighted by Crippen LogP contribution is 2.13. The van der Waals surface area contributed by atoms with Gasteiger partial charge in [-0.05, 0) is 19.1 Å². The van der Waals surface area contributed by atoms with Gasteiger partial charge in [0, 0.05) is 11.6 Å². The van der Waals surface area contributed by atoms with Gasteiger partial charge in [0.2, 0.25) is 5.90 Å². The Morgan fingerprint density at radius 2 is 2.20 bits per heavy atom. The van der Waals surface area contributed by atoms with Gasteiger partial charge in [-0.3, -0.25) is 10.4 Å². The Kier molecular flexibility index (Phi) is 2.63. The van der Waals surface area contributed by atoms with E-state index in [-0.39, 0.29) is 5.90 Å². The highest BCUT2D eigenvalue weighted by atomic mass is 16.5. The molecule has 0 saturated carbocycles. The van der Waals surface area contributed by atoms with Gasteiger partial charge in [-0.15, -0.1) is 0 Å². The second-order valence-corrected chi connectivity index (χ2v) is 3.18. The summed E-state index contributed by atoms with van der Waals surface area (Å²) in [6, 6.07) is 9.75. The molecule has 0 amide bonds. The number of hydrogen-bond acceptors (Lipinski definition) is 3. The van der Waals surface area contributed by atoms with Gasteiger partial charge in [0.25, 0.3) is 0 Å². The molecular weight excluding hydrogens is 188 g/mol. The van der Waals surface area contributed by atoms with E-state index in [1.54, 1.807) is 6.20 Å². The molecule has 0 unspecified atom stereocenters. The third kappa shape index (κ3) is 1.96. The molecule has 0 radical (unpaired) electrons. The highest BCUT2D eigenvalue weighted by Gasteiger charge is 2.03. The number of fused-ring (bicyclic) bond motifs is 1. The SMILES string of the molecule is CCOC(=N)c1cnc2ccccc2c1. The lowest BCUT2D eigenvalue weighted by Crippen LogP contribution is -2.04. The van der Waals surface area contributed by atoms with E-state index in [1.807, 2.05) is 37.3 Å². The van der Waals surface area contributed by atoms with Crippen molar-refractivity contribution in [3.8, 4) is 0 Å². The van der Waals surface area contributed by atoms with Crippen LogP contribution in [0.25, 0.3) is 10.9 Å². The molecule has 0 aliphatic rings. The molecule has 1 N–H and O–H groups in total. The van der Waals surface area contributed by atoms with E-state index in [9.17, 15) is 0 Å². The topological polar surface area (TPSA) is 46.0 Å². The van der Waals surface area contributed by atoms with Gasteiger partial charge in [-0.2, -0.15) is 0 Å². The zero-order chi connectivity index (χ0) is 10.7. The third-order valence-electron chi connectivity index (χ3n) is 2.14. The summed E-state index contributed by atoms with van der Waals surface area (Å²) in [6.45, 7) is 2.37. The van der Waals surface area contributed by atoms with Crippen molar-refractivity contribution in [2.75, 3.05) is 6.61 Å². The van der Waals surface area contributed by atoms with Crippen LogP contribution in [0.3, 0.4) is 0 Å². The van der Waals surface area contributed by atoms with E-state index in [4.69, 9.17) is 10.1 Å². The van der Waals surface area contributed by atoms with Crippen LogP contribution in [0.4, 0.5) is 0 Å². The molecule has 1 heterocycles. The molecule has 0 saturated heterocycles. The second kappa shape index (κ2) is 4.09. The van der Waals surface area contributed by atoms with Gasteiger partial charge in [-0.25, -0.2) is 0 Å². The van der Waals surface area contributed by atoms with Crippen LogP contribution in [0.2, 0.25) is 0 Å². The van der Waals surface area contributed by atoms with Crippen molar-refractivity contribution >= 4 is 16.8 Å². The first-order chi connectivity index (χ1) is 7.31. The van der Waals surface area contributed by atoms with Crippen LogP contribution < -0.4 is 0 Å². The molecule has 76 valence electrons. The fourth-order valence-electron chi connectivity index (χ4n) is 1.42. The van der Waals surface area contributed by atoms with Crippen molar-refractivity contribution in [3.63, 3.8) is 0 Å². The van der Waals surface area contributed by atoms with Crippen molar-refractivity contribution in [1.29, 1.82) is 5.41 Å². The Bertz CT molecular complexity index is 494. The molecule has 15 heavy (non-hydrogen) atoms. The number of rotatable bonds is 2. The lowest BCUT2D eigenvalue weighted by Gasteiger charge is -2.05. The predicted molar refractivity (Wildman–Crippen MR) is 60.2 cm³/mol. The van der Waals surface area contributed by atoms with Crippen molar-refractivity contribution in [2.45, 2.75) is 6.92 Å². The normalized spacial score (nSPS) is 10.2.